The molecular formula is C17H22N2OS. The highest BCUT2D eigenvalue weighted by molar-refractivity contribution is 8.02. The molecule has 3 aliphatic heterocycles. The van der Waals surface area contributed by atoms with E-state index < -0.39 is 0 Å². The molecule has 0 atom stereocenters. The van der Waals surface area contributed by atoms with Gasteiger partial charge in [-0.25, -0.2) is 0 Å². The summed E-state index contributed by atoms with van der Waals surface area (Å²) >= 11 is 1.69. The second-order valence-electron chi connectivity index (χ2n) is 5.68. The van der Waals surface area contributed by atoms with Crippen molar-refractivity contribution in [3.05, 3.63) is 47.0 Å². The van der Waals surface area contributed by atoms with Crippen molar-refractivity contribution in [1.29, 1.82) is 0 Å². The Balaban J connectivity index is 1.80. The van der Waals surface area contributed by atoms with Gasteiger partial charge in [-0.05, 0) is 19.1 Å². The molecule has 21 heavy (non-hydrogen) atoms. The summed E-state index contributed by atoms with van der Waals surface area (Å²) in [5, 5.41) is 1.12. The monoisotopic (exact) mass is 302 g/mol. The van der Waals surface area contributed by atoms with Crippen molar-refractivity contribution >= 4 is 17.5 Å². The molecule has 3 aliphatic rings. The zero-order valence-electron chi connectivity index (χ0n) is 12.5. The summed E-state index contributed by atoms with van der Waals surface area (Å²) < 4.78 is 0. The number of allylic oxidation sites excluding steroid dienone is 1. The molecule has 0 aromatic heterocycles. The Kier molecular flexibility index (Phi) is 4.66. The van der Waals surface area contributed by atoms with Gasteiger partial charge >= 0.3 is 0 Å². The third-order valence-corrected chi connectivity index (χ3v) is 5.23. The number of carbonyl (C=O) groups is 1. The van der Waals surface area contributed by atoms with E-state index in [-0.39, 0.29) is 5.78 Å². The van der Waals surface area contributed by atoms with E-state index in [2.05, 4.69) is 16.1 Å². The number of fused-ring (bicyclic) bond motifs is 4. The number of rotatable bonds is 4. The summed E-state index contributed by atoms with van der Waals surface area (Å²) in [5.74, 6) is 0.110. The molecule has 112 valence electrons. The lowest BCUT2D eigenvalue weighted by Gasteiger charge is -2.33. The maximum absolute atomic E-state index is 12.4. The molecule has 0 spiro atoms. The summed E-state index contributed by atoms with van der Waals surface area (Å²) in [4.78, 5) is 17.4. The fourth-order valence-corrected chi connectivity index (χ4v) is 3.93. The molecule has 0 N–H and O–H groups in total. The summed E-state index contributed by atoms with van der Waals surface area (Å²) in [6, 6.07) is 10.2. The van der Waals surface area contributed by atoms with E-state index in [1.807, 2.05) is 36.4 Å². The van der Waals surface area contributed by atoms with Crippen LogP contribution >= 0.6 is 11.8 Å². The molecule has 3 fully saturated rings. The molecule has 1 aromatic rings. The van der Waals surface area contributed by atoms with Crippen LogP contribution in [0.4, 0.5) is 0 Å². The zero-order valence-corrected chi connectivity index (χ0v) is 13.3. The van der Waals surface area contributed by atoms with Crippen LogP contribution in [0, 0.1) is 0 Å². The van der Waals surface area contributed by atoms with E-state index in [0.29, 0.717) is 6.04 Å². The predicted molar refractivity (Wildman–Crippen MR) is 88.5 cm³/mol. The molecule has 0 saturated carbocycles. The smallest absolute Gasteiger partial charge is 0.188 e. The molecule has 3 heterocycles. The minimum atomic E-state index is 0.110. The Morgan fingerprint density at radius 3 is 2.52 bits per heavy atom. The molecule has 0 aliphatic carbocycles. The quantitative estimate of drug-likeness (QED) is 0.630. The van der Waals surface area contributed by atoms with Gasteiger partial charge in [-0.15, -0.1) is 11.8 Å². The highest BCUT2D eigenvalue weighted by atomic mass is 32.2. The average molecular weight is 302 g/mol. The van der Waals surface area contributed by atoms with Gasteiger partial charge in [0.05, 0.1) is 5.03 Å². The van der Waals surface area contributed by atoms with Gasteiger partial charge in [0.15, 0.2) is 5.78 Å². The number of piperidine rings is 1. The van der Waals surface area contributed by atoms with E-state index in [1.54, 1.807) is 11.8 Å². The summed E-state index contributed by atoms with van der Waals surface area (Å²) in [5.41, 5.74) is 0.770. The van der Waals surface area contributed by atoms with Crippen LogP contribution in [-0.4, -0.2) is 54.1 Å². The number of hydrogen-bond acceptors (Lipinski definition) is 4. The first-order valence-corrected chi connectivity index (χ1v) is 8.84. The van der Waals surface area contributed by atoms with Gasteiger partial charge in [-0.1, -0.05) is 30.3 Å². The first-order valence-electron chi connectivity index (χ1n) is 7.62. The van der Waals surface area contributed by atoms with Crippen LogP contribution in [0.5, 0.6) is 0 Å². The minimum absolute atomic E-state index is 0.110. The third-order valence-electron chi connectivity index (χ3n) is 4.46. The van der Waals surface area contributed by atoms with Crippen LogP contribution in [-0.2, 0) is 0 Å². The summed E-state index contributed by atoms with van der Waals surface area (Å²) in [7, 11) is 0. The van der Waals surface area contributed by atoms with Crippen LogP contribution in [0.25, 0.3) is 0 Å². The SMILES string of the molecule is CSC(=CC(=O)c1ccccc1)N1CCN2CCC1CC2. The van der Waals surface area contributed by atoms with Crippen molar-refractivity contribution in [2.75, 3.05) is 32.4 Å². The number of benzene rings is 1. The normalized spacial score (nSPS) is 25.8. The molecule has 1 aromatic carbocycles. The molecule has 3 saturated heterocycles. The van der Waals surface area contributed by atoms with Gasteiger partial charge in [0.1, 0.15) is 0 Å². The number of hydrogen-bond donors (Lipinski definition) is 0. The zero-order chi connectivity index (χ0) is 14.7. The standard InChI is InChI=1S/C17H22N2OS/c1-21-17(13-16(20)14-5-3-2-4-6-14)19-12-11-18-9-7-15(19)8-10-18/h2-6,13,15H,7-12H2,1H3. The lowest BCUT2D eigenvalue weighted by atomic mass is 10.1. The molecule has 0 amide bonds. The van der Waals surface area contributed by atoms with Gasteiger partial charge in [-0.3, -0.25) is 4.79 Å². The maximum Gasteiger partial charge on any atom is 0.188 e. The lowest BCUT2D eigenvalue weighted by molar-refractivity contribution is 0.104. The van der Waals surface area contributed by atoms with Crippen LogP contribution < -0.4 is 0 Å². The van der Waals surface area contributed by atoms with Crippen molar-refractivity contribution in [2.24, 2.45) is 0 Å². The second kappa shape index (κ2) is 6.67. The first-order chi connectivity index (χ1) is 10.3. The van der Waals surface area contributed by atoms with Gasteiger partial charge in [0, 0.05) is 43.9 Å². The summed E-state index contributed by atoms with van der Waals surface area (Å²) in [6.07, 6.45) is 6.34. The topological polar surface area (TPSA) is 23.6 Å². The summed E-state index contributed by atoms with van der Waals surface area (Å²) in [6.45, 7) is 4.57. The maximum atomic E-state index is 12.4. The largest absolute Gasteiger partial charge is 0.362 e. The number of thioether (sulfide) groups is 1. The molecule has 4 heteroatoms. The molecule has 4 rings (SSSR count). The van der Waals surface area contributed by atoms with E-state index in [4.69, 9.17) is 0 Å². The van der Waals surface area contributed by atoms with Gasteiger partial charge in [-0.2, -0.15) is 0 Å². The highest BCUT2D eigenvalue weighted by Crippen LogP contribution is 2.29. The average Bonchev–Trinajstić information content (AvgIpc) is 2.87. The minimum Gasteiger partial charge on any atom is -0.362 e. The Hall–Kier alpha value is -1.26. The van der Waals surface area contributed by atoms with Crippen molar-refractivity contribution in [1.82, 2.24) is 9.80 Å². The fourth-order valence-electron chi connectivity index (χ4n) is 3.23. The molecule has 3 nitrogen and oxygen atoms in total. The van der Waals surface area contributed by atoms with E-state index in [0.717, 1.165) is 23.7 Å². The van der Waals surface area contributed by atoms with Crippen LogP contribution in [0.3, 0.4) is 0 Å². The Labute approximate surface area is 131 Å². The van der Waals surface area contributed by atoms with Crippen LogP contribution in [0.2, 0.25) is 0 Å². The molecular weight excluding hydrogens is 280 g/mol. The van der Waals surface area contributed by atoms with Crippen molar-refractivity contribution in [2.45, 2.75) is 18.9 Å². The highest BCUT2D eigenvalue weighted by Gasteiger charge is 2.30. The van der Waals surface area contributed by atoms with Crippen molar-refractivity contribution in [3.63, 3.8) is 0 Å². The van der Waals surface area contributed by atoms with Crippen LogP contribution in [0.1, 0.15) is 23.2 Å². The Morgan fingerprint density at radius 1 is 1.14 bits per heavy atom. The molecule has 2 bridgehead atoms. The van der Waals surface area contributed by atoms with Crippen LogP contribution in [0.15, 0.2) is 41.4 Å². The Bertz CT molecular complexity index is 521. The predicted octanol–water partition coefficient (Wildman–Crippen LogP) is 2.85. The second-order valence-corrected chi connectivity index (χ2v) is 6.51. The van der Waals surface area contributed by atoms with Gasteiger partial charge < -0.3 is 9.80 Å². The lowest BCUT2D eigenvalue weighted by Crippen LogP contribution is -2.37. The van der Waals surface area contributed by atoms with E-state index >= 15 is 0 Å². The van der Waals surface area contributed by atoms with Gasteiger partial charge in [0.2, 0.25) is 0 Å². The number of ketones is 1. The van der Waals surface area contributed by atoms with E-state index in [9.17, 15) is 4.79 Å². The first kappa shape index (κ1) is 14.7. The number of nitrogens with zero attached hydrogens (tertiary/aromatic N) is 2. The van der Waals surface area contributed by atoms with Gasteiger partial charge in [0.25, 0.3) is 0 Å². The molecule has 0 radical (unpaired) electrons. The number of carbonyl (C=O) groups excluding carboxylic acids is 1. The third kappa shape index (κ3) is 3.33. The Morgan fingerprint density at radius 2 is 1.86 bits per heavy atom. The van der Waals surface area contributed by atoms with Crippen molar-refractivity contribution < 1.29 is 4.79 Å². The fraction of sp³-hybridized carbons (Fsp3) is 0.471. The molecule has 0 unspecified atom stereocenters. The van der Waals surface area contributed by atoms with Crippen molar-refractivity contribution in [3.8, 4) is 0 Å². The van der Waals surface area contributed by atoms with E-state index in [1.165, 1.54) is 25.9 Å².